The first-order valence-corrected chi connectivity index (χ1v) is 9.91. The van der Waals surface area contributed by atoms with E-state index in [1.54, 1.807) is 6.07 Å². The van der Waals surface area contributed by atoms with Crippen LogP contribution in [0.4, 0.5) is 0 Å². The number of rotatable bonds is 8. The lowest BCUT2D eigenvalue weighted by atomic mass is 10.1. The van der Waals surface area contributed by atoms with Gasteiger partial charge >= 0.3 is 0 Å². The number of carbonyl (C=O) groups excluding carboxylic acids is 1. The highest BCUT2D eigenvalue weighted by Crippen LogP contribution is 2.20. The lowest BCUT2D eigenvalue weighted by Gasteiger charge is -2.12. The van der Waals surface area contributed by atoms with Crippen molar-refractivity contribution in [1.82, 2.24) is 5.32 Å². The van der Waals surface area contributed by atoms with Crippen LogP contribution in [0.2, 0.25) is 0 Å². The highest BCUT2D eigenvalue weighted by Gasteiger charge is 2.09. The van der Waals surface area contributed by atoms with Gasteiger partial charge in [0.05, 0.1) is 6.61 Å². The molecule has 144 valence electrons. The lowest BCUT2D eigenvalue weighted by Crippen LogP contribution is -2.23. The number of amides is 1. The fourth-order valence-corrected chi connectivity index (χ4v) is 3.13. The lowest BCUT2D eigenvalue weighted by molar-refractivity contribution is 0.0950. The first kappa shape index (κ1) is 20.0. The first-order valence-electron chi connectivity index (χ1n) is 9.12. The van der Waals surface area contributed by atoms with Gasteiger partial charge in [0, 0.05) is 22.1 Å². The third-order valence-corrected chi connectivity index (χ3v) is 4.60. The maximum atomic E-state index is 12.6. The van der Waals surface area contributed by atoms with Crippen molar-refractivity contribution in [2.75, 3.05) is 6.61 Å². The number of ether oxygens (including phenoxy) is 2. The second-order valence-electron chi connectivity index (χ2n) is 6.17. The number of hydrogen-bond donors (Lipinski definition) is 1. The minimum Gasteiger partial charge on any atom is -0.494 e. The molecular weight excluding hydrogens is 418 g/mol. The Bertz CT molecular complexity index is 942. The van der Waals surface area contributed by atoms with Crippen molar-refractivity contribution in [1.29, 1.82) is 0 Å². The van der Waals surface area contributed by atoms with Crippen LogP contribution in [0.5, 0.6) is 11.5 Å². The molecule has 28 heavy (non-hydrogen) atoms. The largest absolute Gasteiger partial charge is 0.494 e. The van der Waals surface area contributed by atoms with Crippen LogP contribution < -0.4 is 14.8 Å². The molecule has 0 atom stereocenters. The third kappa shape index (κ3) is 5.60. The van der Waals surface area contributed by atoms with Gasteiger partial charge in [-0.3, -0.25) is 4.79 Å². The molecule has 1 amide bonds. The summed E-state index contributed by atoms with van der Waals surface area (Å²) in [5, 5.41) is 2.96. The molecule has 5 heteroatoms. The third-order valence-electron chi connectivity index (χ3n) is 4.10. The van der Waals surface area contributed by atoms with Crippen molar-refractivity contribution in [3.05, 3.63) is 94.0 Å². The average Bonchev–Trinajstić information content (AvgIpc) is 2.72. The molecule has 1 N–H and O–H groups in total. The van der Waals surface area contributed by atoms with E-state index in [1.165, 1.54) is 0 Å². The van der Waals surface area contributed by atoms with Gasteiger partial charge in [0.2, 0.25) is 0 Å². The van der Waals surface area contributed by atoms with E-state index in [9.17, 15) is 4.79 Å². The monoisotopic (exact) mass is 439 g/mol. The molecule has 0 bridgehead atoms. The maximum Gasteiger partial charge on any atom is 0.251 e. The Morgan fingerprint density at radius 3 is 2.61 bits per heavy atom. The predicted molar refractivity (Wildman–Crippen MR) is 114 cm³/mol. The molecule has 0 fully saturated rings. The molecule has 0 heterocycles. The summed E-state index contributed by atoms with van der Waals surface area (Å²) in [6.45, 7) is 3.33. The Labute approximate surface area is 173 Å². The summed E-state index contributed by atoms with van der Waals surface area (Å²) in [5.41, 5.74) is 2.48. The number of hydrogen-bond acceptors (Lipinski definition) is 3. The van der Waals surface area contributed by atoms with Crippen LogP contribution in [0.15, 0.2) is 77.3 Å². The average molecular weight is 440 g/mol. The molecule has 3 rings (SSSR count). The van der Waals surface area contributed by atoms with Gasteiger partial charge in [-0.05, 0) is 48.9 Å². The summed E-state index contributed by atoms with van der Waals surface area (Å²) in [6, 6.07) is 22.8. The van der Waals surface area contributed by atoms with Crippen LogP contribution in [0, 0.1) is 0 Å². The Kier molecular flexibility index (Phi) is 7.09. The van der Waals surface area contributed by atoms with Crippen LogP contribution in [0.1, 0.15) is 28.4 Å². The zero-order chi connectivity index (χ0) is 19.8. The Morgan fingerprint density at radius 1 is 0.964 bits per heavy atom. The van der Waals surface area contributed by atoms with E-state index >= 15 is 0 Å². The Balaban J connectivity index is 1.61. The van der Waals surface area contributed by atoms with Crippen molar-refractivity contribution >= 4 is 21.8 Å². The SMILES string of the molecule is CCOc1ccccc1CNC(=O)c1cccc(COc2cccc(Br)c2)c1. The van der Waals surface area contributed by atoms with Crippen LogP contribution in [-0.2, 0) is 13.2 Å². The standard InChI is InChI=1S/C23H22BrNO3/c1-2-27-22-12-4-3-8-19(22)15-25-23(26)18-9-5-7-17(13-18)16-28-21-11-6-10-20(24)14-21/h3-14H,2,15-16H2,1H3,(H,25,26). The summed E-state index contributed by atoms with van der Waals surface area (Å²) >= 11 is 3.43. The van der Waals surface area contributed by atoms with E-state index in [-0.39, 0.29) is 5.91 Å². The summed E-state index contributed by atoms with van der Waals surface area (Å²) in [5.74, 6) is 1.44. The minimum absolute atomic E-state index is 0.129. The molecule has 3 aromatic rings. The van der Waals surface area contributed by atoms with Crippen molar-refractivity contribution < 1.29 is 14.3 Å². The van der Waals surface area contributed by atoms with E-state index in [0.717, 1.165) is 27.1 Å². The van der Waals surface area contributed by atoms with E-state index in [1.807, 2.05) is 73.7 Å². The zero-order valence-corrected chi connectivity index (χ0v) is 17.2. The fourth-order valence-electron chi connectivity index (χ4n) is 2.75. The molecule has 0 aliphatic rings. The maximum absolute atomic E-state index is 12.6. The van der Waals surface area contributed by atoms with Crippen LogP contribution >= 0.6 is 15.9 Å². The molecule has 0 saturated heterocycles. The zero-order valence-electron chi connectivity index (χ0n) is 15.7. The van der Waals surface area contributed by atoms with Crippen molar-refractivity contribution in [3.63, 3.8) is 0 Å². The summed E-state index contributed by atoms with van der Waals surface area (Å²) in [7, 11) is 0. The van der Waals surface area contributed by atoms with E-state index < -0.39 is 0 Å². The summed E-state index contributed by atoms with van der Waals surface area (Å²) < 4.78 is 12.4. The smallest absolute Gasteiger partial charge is 0.251 e. The quantitative estimate of drug-likeness (QED) is 0.513. The van der Waals surface area contributed by atoms with Gasteiger partial charge in [-0.15, -0.1) is 0 Å². The number of benzene rings is 3. The van der Waals surface area contributed by atoms with Crippen molar-refractivity contribution in [2.24, 2.45) is 0 Å². The fraction of sp³-hybridized carbons (Fsp3) is 0.174. The molecule has 0 saturated carbocycles. The van der Waals surface area contributed by atoms with E-state index in [4.69, 9.17) is 9.47 Å². The van der Waals surface area contributed by atoms with Gasteiger partial charge in [0.1, 0.15) is 18.1 Å². The molecule has 0 spiro atoms. The van der Waals surface area contributed by atoms with E-state index in [0.29, 0.717) is 25.3 Å². The van der Waals surface area contributed by atoms with Crippen molar-refractivity contribution in [2.45, 2.75) is 20.1 Å². The Morgan fingerprint density at radius 2 is 1.79 bits per heavy atom. The van der Waals surface area contributed by atoms with Gasteiger partial charge in [-0.25, -0.2) is 0 Å². The van der Waals surface area contributed by atoms with E-state index in [2.05, 4.69) is 21.2 Å². The highest BCUT2D eigenvalue weighted by molar-refractivity contribution is 9.10. The second-order valence-corrected chi connectivity index (χ2v) is 7.09. The highest BCUT2D eigenvalue weighted by atomic mass is 79.9. The number of carbonyl (C=O) groups is 1. The molecule has 3 aromatic carbocycles. The minimum atomic E-state index is -0.129. The van der Waals surface area contributed by atoms with Gasteiger partial charge in [-0.2, -0.15) is 0 Å². The Hall–Kier alpha value is -2.79. The van der Waals surface area contributed by atoms with Gasteiger partial charge in [0.15, 0.2) is 0 Å². The number of halogens is 1. The van der Waals surface area contributed by atoms with Crippen LogP contribution in [-0.4, -0.2) is 12.5 Å². The molecule has 0 radical (unpaired) electrons. The first-order chi connectivity index (χ1) is 13.7. The number of para-hydroxylation sites is 1. The molecule has 0 aliphatic carbocycles. The van der Waals surface area contributed by atoms with Crippen molar-refractivity contribution in [3.8, 4) is 11.5 Å². The molecule has 4 nitrogen and oxygen atoms in total. The molecular formula is C23H22BrNO3. The molecule has 0 aliphatic heterocycles. The predicted octanol–water partition coefficient (Wildman–Crippen LogP) is 5.36. The van der Waals surface area contributed by atoms with Gasteiger partial charge in [0.25, 0.3) is 5.91 Å². The topological polar surface area (TPSA) is 47.6 Å². The van der Waals surface area contributed by atoms with Gasteiger partial charge < -0.3 is 14.8 Å². The summed E-state index contributed by atoms with van der Waals surface area (Å²) in [6.07, 6.45) is 0. The molecule has 0 aromatic heterocycles. The summed E-state index contributed by atoms with van der Waals surface area (Å²) in [4.78, 5) is 12.6. The normalized spacial score (nSPS) is 10.4. The van der Waals surface area contributed by atoms with Crippen LogP contribution in [0.3, 0.4) is 0 Å². The number of nitrogens with one attached hydrogen (secondary N) is 1. The van der Waals surface area contributed by atoms with Gasteiger partial charge in [-0.1, -0.05) is 52.3 Å². The second kappa shape index (κ2) is 9.95. The molecule has 0 unspecified atom stereocenters. The van der Waals surface area contributed by atoms with Crippen LogP contribution in [0.25, 0.3) is 0 Å².